The predicted octanol–water partition coefficient (Wildman–Crippen LogP) is 8.34. The normalized spacial score (nSPS) is 10.4. The first-order chi connectivity index (χ1) is 28.8. The molecule has 9 heterocycles. The molecule has 59 heavy (non-hydrogen) atoms. The van der Waals surface area contributed by atoms with Crippen molar-refractivity contribution in [2.45, 2.75) is 0 Å². The van der Waals surface area contributed by atoms with Gasteiger partial charge in [-0.1, -0.05) is 0 Å². The molecule has 0 spiro atoms. The quantitative estimate of drug-likeness (QED) is 0.142. The van der Waals surface area contributed by atoms with Crippen LogP contribution < -0.4 is 17.2 Å². The third-order valence-electron chi connectivity index (χ3n) is 8.09. The number of nitriles is 1. The Labute approximate surface area is 352 Å². The van der Waals surface area contributed by atoms with Crippen molar-refractivity contribution in [3.63, 3.8) is 0 Å². The zero-order valence-electron chi connectivity index (χ0n) is 30.4. The molecule has 18 heteroatoms. The molecule has 6 N–H and O–H groups in total. The zero-order valence-corrected chi connectivity index (χ0v) is 33.6. The van der Waals surface area contributed by atoms with Crippen molar-refractivity contribution < 1.29 is 8.83 Å². The molecule has 0 saturated carbocycles. The molecule has 0 aliphatic rings. The second kappa shape index (κ2) is 18.5. The largest absolute Gasteiger partial charge is 0.463 e. The lowest BCUT2D eigenvalue weighted by Crippen LogP contribution is -2.02. The van der Waals surface area contributed by atoms with Crippen LogP contribution in [0.2, 0.25) is 0 Å². The fourth-order valence-electron chi connectivity index (χ4n) is 5.39. The van der Waals surface area contributed by atoms with Crippen LogP contribution in [0.5, 0.6) is 0 Å². The SMILES string of the molecule is N#Cc1nc(-c2ccncc2)c(-c2ccco2)nc1N.Nc1nc(-c2cccnc2)c(-c2ccncc2)nc1Br.Nc1nc(-c2ccco2)c(-c2ccncc2)nc1Br. The summed E-state index contributed by atoms with van der Waals surface area (Å²) < 4.78 is 11.8. The Morgan fingerprint density at radius 3 is 1.29 bits per heavy atom. The molecule has 9 rings (SSSR count). The molecule has 0 saturated heterocycles. The summed E-state index contributed by atoms with van der Waals surface area (Å²) in [5.41, 5.74) is 24.7. The minimum atomic E-state index is 0.0803. The highest BCUT2D eigenvalue weighted by Crippen LogP contribution is 2.34. The molecular formula is C41H28Br2N14O2. The summed E-state index contributed by atoms with van der Waals surface area (Å²) in [5.74, 6) is 1.92. The minimum absolute atomic E-state index is 0.0803. The molecule has 0 atom stereocenters. The first kappa shape index (κ1) is 39.5. The Kier molecular flexibility index (Phi) is 12.4. The summed E-state index contributed by atoms with van der Waals surface area (Å²) in [6.45, 7) is 0. The number of pyridine rings is 4. The van der Waals surface area contributed by atoms with Gasteiger partial charge in [0, 0.05) is 71.8 Å². The first-order valence-electron chi connectivity index (χ1n) is 17.2. The fourth-order valence-corrected chi connectivity index (χ4v) is 5.93. The van der Waals surface area contributed by atoms with E-state index in [0.717, 1.165) is 27.9 Å². The van der Waals surface area contributed by atoms with Crippen molar-refractivity contribution in [2.75, 3.05) is 17.2 Å². The molecule has 0 fully saturated rings. The molecule has 0 aliphatic heterocycles. The number of hydrogen-bond acceptors (Lipinski definition) is 16. The number of halogens is 2. The molecule has 9 aromatic heterocycles. The van der Waals surface area contributed by atoms with Gasteiger partial charge in [-0.15, -0.1) is 0 Å². The third kappa shape index (κ3) is 9.28. The van der Waals surface area contributed by atoms with E-state index in [1.54, 1.807) is 92.4 Å². The molecule has 16 nitrogen and oxygen atoms in total. The Bertz CT molecular complexity index is 2770. The van der Waals surface area contributed by atoms with Crippen molar-refractivity contribution in [2.24, 2.45) is 0 Å². The van der Waals surface area contributed by atoms with Crippen molar-refractivity contribution in [3.8, 4) is 74.0 Å². The van der Waals surface area contributed by atoms with Gasteiger partial charge in [0.1, 0.15) is 43.7 Å². The average molecular weight is 909 g/mol. The van der Waals surface area contributed by atoms with E-state index >= 15 is 0 Å². The molecule has 0 bridgehead atoms. The average Bonchev–Trinajstić information content (AvgIpc) is 4.03. The summed E-state index contributed by atoms with van der Waals surface area (Å²) in [4.78, 5) is 42.3. The maximum absolute atomic E-state index is 9.04. The van der Waals surface area contributed by atoms with Gasteiger partial charge in [0.25, 0.3) is 0 Å². The molecule has 0 unspecified atom stereocenters. The van der Waals surface area contributed by atoms with Gasteiger partial charge in [-0.05, 0) is 105 Å². The van der Waals surface area contributed by atoms with Crippen LogP contribution in [0.4, 0.5) is 17.5 Å². The Balaban J connectivity index is 0.000000134. The van der Waals surface area contributed by atoms with Gasteiger partial charge in [-0.2, -0.15) is 5.26 Å². The molecular weight excluding hydrogens is 880 g/mol. The van der Waals surface area contributed by atoms with Crippen molar-refractivity contribution in [1.29, 1.82) is 5.26 Å². The van der Waals surface area contributed by atoms with E-state index in [9.17, 15) is 0 Å². The summed E-state index contributed by atoms with van der Waals surface area (Å²) in [5, 5.41) is 9.04. The van der Waals surface area contributed by atoms with E-state index in [4.69, 9.17) is 31.3 Å². The Morgan fingerprint density at radius 1 is 0.441 bits per heavy atom. The number of hydrogen-bond donors (Lipinski definition) is 3. The second-order valence-electron chi connectivity index (χ2n) is 11.9. The molecule has 0 aliphatic carbocycles. The van der Waals surface area contributed by atoms with Crippen molar-refractivity contribution in [1.82, 2.24) is 49.8 Å². The van der Waals surface area contributed by atoms with Crippen LogP contribution in [0.3, 0.4) is 0 Å². The molecule has 9 aromatic rings. The Morgan fingerprint density at radius 2 is 0.864 bits per heavy atom. The lowest BCUT2D eigenvalue weighted by atomic mass is 10.1. The topological polar surface area (TPSA) is 257 Å². The van der Waals surface area contributed by atoms with Crippen LogP contribution in [0.15, 0.2) is 153 Å². The molecule has 0 radical (unpaired) electrons. The molecule has 0 aromatic carbocycles. The van der Waals surface area contributed by atoms with Crippen LogP contribution in [-0.2, 0) is 0 Å². The van der Waals surface area contributed by atoms with E-state index in [1.807, 2.05) is 48.5 Å². The number of aromatic nitrogens is 10. The number of rotatable bonds is 6. The van der Waals surface area contributed by atoms with Crippen LogP contribution in [-0.4, -0.2) is 49.8 Å². The summed E-state index contributed by atoms with van der Waals surface area (Å²) in [7, 11) is 0. The van der Waals surface area contributed by atoms with E-state index in [0.29, 0.717) is 60.8 Å². The van der Waals surface area contributed by atoms with E-state index in [2.05, 4.69) is 81.7 Å². The van der Waals surface area contributed by atoms with E-state index < -0.39 is 0 Å². The number of nitrogens with zero attached hydrogens (tertiary/aromatic N) is 11. The number of nitrogens with two attached hydrogens (primary N) is 3. The maximum atomic E-state index is 9.04. The lowest BCUT2D eigenvalue weighted by molar-refractivity contribution is 0.580. The summed E-state index contributed by atoms with van der Waals surface area (Å²) >= 11 is 6.62. The molecule has 288 valence electrons. The van der Waals surface area contributed by atoms with E-state index in [1.165, 1.54) is 0 Å². The summed E-state index contributed by atoms with van der Waals surface area (Å²) in [6, 6.07) is 23.9. The highest BCUT2D eigenvalue weighted by Gasteiger charge is 2.18. The van der Waals surface area contributed by atoms with Gasteiger partial charge in [0.2, 0.25) is 0 Å². The van der Waals surface area contributed by atoms with E-state index in [-0.39, 0.29) is 11.5 Å². The number of furan rings is 2. The first-order valence-corrected chi connectivity index (χ1v) is 18.8. The summed E-state index contributed by atoms with van der Waals surface area (Å²) in [6.07, 6.45) is 16.7. The zero-order chi connectivity index (χ0) is 41.1. The molecule has 0 amide bonds. The standard InChI is InChI=1S/C14H10BrN5.C14H9N5O.C13H9BrN4O/c15-13-14(16)20-12(10-2-1-5-18-8-10)11(19-13)9-3-6-17-7-4-9;15-8-10-14(16)19-13(11-2-1-7-20-11)12(18-10)9-3-5-17-6-4-9;14-12-13(15)18-11(9-2-1-7-19-9)10(17-12)8-3-5-16-6-4-8/h1-8H,(H2,16,20);1-7H,(H2,16,19);1-7H,(H2,15,18). The van der Waals surface area contributed by atoms with Gasteiger partial charge in [0.05, 0.1) is 18.2 Å². The monoisotopic (exact) mass is 906 g/mol. The van der Waals surface area contributed by atoms with Gasteiger partial charge in [-0.25, -0.2) is 29.9 Å². The van der Waals surface area contributed by atoms with Crippen LogP contribution in [0, 0.1) is 11.3 Å². The lowest BCUT2D eigenvalue weighted by Gasteiger charge is -2.10. The minimum Gasteiger partial charge on any atom is -0.463 e. The number of anilines is 3. The highest BCUT2D eigenvalue weighted by atomic mass is 79.9. The van der Waals surface area contributed by atoms with Crippen molar-refractivity contribution >= 4 is 49.3 Å². The smallest absolute Gasteiger partial charge is 0.183 e. The van der Waals surface area contributed by atoms with Gasteiger partial charge in [0.15, 0.2) is 34.7 Å². The van der Waals surface area contributed by atoms with Crippen LogP contribution >= 0.6 is 31.9 Å². The third-order valence-corrected chi connectivity index (χ3v) is 9.26. The Hall–Kier alpha value is -7.75. The predicted molar refractivity (Wildman–Crippen MR) is 228 cm³/mol. The van der Waals surface area contributed by atoms with Gasteiger partial charge < -0.3 is 26.0 Å². The fraction of sp³-hybridized carbons (Fsp3) is 0. The highest BCUT2D eigenvalue weighted by molar-refractivity contribution is 9.10. The van der Waals surface area contributed by atoms with Crippen LogP contribution in [0.1, 0.15) is 5.69 Å². The maximum Gasteiger partial charge on any atom is 0.183 e. The second-order valence-corrected chi connectivity index (χ2v) is 13.4. The van der Waals surface area contributed by atoms with Gasteiger partial charge >= 0.3 is 0 Å². The van der Waals surface area contributed by atoms with Crippen LogP contribution in [0.25, 0.3) is 67.9 Å². The van der Waals surface area contributed by atoms with Gasteiger partial charge in [-0.3, -0.25) is 19.9 Å². The number of nitrogen functional groups attached to an aromatic ring is 3. The van der Waals surface area contributed by atoms with Crippen molar-refractivity contribution in [3.05, 3.63) is 150 Å².